The minimum Gasteiger partial charge on any atom is -0.463 e. The first kappa shape index (κ1) is 25.6. The molecule has 1 atom stereocenters. The van der Waals surface area contributed by atoms with Crippen LogP contribution in [0.5, 0.6) is 0 Å². The van der Waals surface area contributed by atoms with Crippen LogP contribution in [0.15, 0.2) is 41.4 Å². The number of hydrogen-bond donors (Lipinski definition) is 1. The standard InChI is InChI=1S/C23H33N3O5S/c1-7-26(8-2)32(29,30)19-13-21(25(6)15-19)23(28)24-20(14-22(27)31-16(3)4)18-11-9-17(5)10-12-18/h9-13,15-16,20H,7-8,14H2,1-6H3,(H,24,28). The lowest BCUT2D eigenvalue weighted by Gasteiger charge is -2.20. The van der Waals surface area contributed by atoms with Crippen LogP contribution in [0.4, 0.5) is 0 Å². The van der Waals surface area contributed by atoms with Gasteiger partial charge in [0.05, 0.1) is 18.6 Å². The van der Waals surface area contributed by atoms with Gasteiger partial charge in [-0.25, -0.2) is 8.42 Å². The third-order valence-electron chi connectivity index (χ3n) is 5.08. The molecule has 0 aliphatic rings. The van der Waals surface area contributed by atoms with Crippen LogP contribution in [-0.4, -0.2) is 48.4 Å². The smallest absolute Gasteiger partial charge is 0.308 e. The average Bonchev–Trinajstić information content (AvgIpc) is 3.11. The molecule has 0 saturated heterocycles. The van der Waals surface area contributed by atoms with E-state index in [-0.39, 0.29) is 23.1 Å². The maximum atomic E-state index is 13.1. The number of nitrogens with one attached hydrogen (secondary N) is 1. The van der Waals surface area contributed by atoms with Gasteiger partial charge in [0, 0.05) is 26.3 Å². The fourth-order valence-corrected chi connectivity index (χ4v) is 4.90. The number of ether oxygens (including phenoxy) is 1. The average molecular weight is 464 g/mol. The van der Waals surface area contributed by atoms with Crippen LogP contribution in [0.1, 0.15) is 61.8 Å². The summed E-state index contributed by atoms with van der Waals surface area (Å²) in [6.45, 7) is 9.68. The minimum absolute atomic E-state index is 0.0397. The fourth-order valence-electron chi connectivity index (χ4n) is 3.37. The molecule has 1 amide bonds. The SMILES string of the molecule is CCN(CC)S(=O)(=O)c1cc(C(=O)NC(CC(=O)OC(C)C)c2ccc(C)cc2)n(C)c1. The lowest BCUT2D eigenvalue weighted by atomic mass is 10.0. The molecule has 2 rings (SSSR count). The van der Waals surface area contributed by atoms with Crippen molar-refractivity contribution in [1.82, 2.24) is 14.2 Å². The van der Waals surface area contributed by atoms with Crippen molar-refractivity contribution in [3.05, 3.63) is 53.3 Å². The molecule has 0 spiro atoms. The van der Waals surface area contributed by atoms with Gasteiger partial charge < -0.3 is 14.6 Å². The molecular formula is C23H33N3O5S. The number of sulfonamides is 1. The van der Waals surface area contributed by atoms with E-state index in [1.54, 1.807) is 34.7 Å². The number of esters is 1. The molecule has 0 radical (unpaired) electrons. The zero-order chi connectivity index (χ0) is 24.1. The van der Waals surface area contributed by atoms with E-state index in [1.165, 1.54) is 21.1 Å². The molecule has 1 heterocycles. The lowest BCUT2D eigenvalue weighted by Crippen LogP contribution is -2.32. The number of benzene rings is 1. The van der Waals surface area contributed by atoms with Crippen molar-refractivity contribution >= 4 is 21.9 Å². The second-order valence-corrected chi connectivity index (χ2v) is 9.88. The van der Waals surface area contributed by atoms with E-state index in [4.69, 9.17) is 4.74 Å². The van der Waals surface area contributed by atoms with Gasteiger partial charge in [0.15, 0.2) is 0 Å². The molecule has 0 bridgehead atoms. The molecule has 1 aromatic heterocycles. The summed E-state index contributed by atoms with van der Waals surface area (Å²) in [4.78, 5) is 25.4. The molecule has 2 aromatic rings. The molecule has 1 N–H and O–H groups in total. The van der Waals surface area contributed by atoms with Crippen molar-refractivity contribution in [2.24, 2.45) is 7.05 Å². The van der Waals surface area contributed by atoms with Crippen LogP contribution in [0, 0.1) is 6.92 Å². The Bertz CT molecular complexity index is 1040. The van der Waals surface area contributed by atoms with Crippen molar-refractivity contribution in [3.8, 4) is 0 Å². The quantitative estimate of drug-likeness (QED) is 0.546. The number of amides is 1. The zero-order valence-electron chi connectivity index (χ0n) is 19.6. The molecule has 0 aliphatic heterocycles. The molecule has 0 aliphatic carbocycles. The molecule has 176 valence electrons. The van der Waals surface area contributed by atoms with Gasteiger partial charge in [0.1, 0.15) is 10.6 Å². The summed E-state index contributed by atoms with van der Waals surface area (Å²) in [7, 11) is -2.08. The van der Waals surface area contributed by atoms with Gasteiger partial charge in [-0.05, 0) is 32.4 Å². The van der Waals surface area contributed by atoms with E-state index < -0.39 is 27.9 Å². The van der Waals surface area contributed by atoms with Crippen LogP contribution in [-0.2, 0) is 26.6 Å². The molecule has 0 saturated carbocycles. The van der Waals surface area contributed by atoms with E-state index in [2.05, 4.69) is 5.32 Å². The summed E-state index contributed by atoms with van der Waals surface area (Å²) in [5.74, 6) is -0.904. The van der Waals surface area contributed by atoms with Gasteiger partial charge in [-0.15, -0.1) is 0 Å². The molecule has 1 aromatic carbocycles. The highest BCUT2D eigenvalue weighted by atomic mass is 32.2. The zero-order valence-corrected chi connectivity index (χ0v) is 20.4. The molecule has 32 heavy (non-hydrogen) atoms. The summed E-state index contributed by atoms with van der Waals surface area (Å²) in [5.41, 5.74) is 2.00. The molecule has 0 fully saturated rings. The number of hydrogen-bond acceptors (Lipinski definition) is 5. The summed E-state index contributed by atoms with van der Waals surface area (Å²) in [6, 6.07) is 8.25. The number of rotatable bonds is 10. The number of nitrogens with zero attached hydrogens (tertiary/aromatic N) is 2. The molecule has 9 heteroatoms. The third-order valence-corrected chi connectivity index (χ3v) is 7.09. The van der Waals surface area contributed by atoms with Gasteiger partial charge >= 0.3 is 5.97 Å². The van der Waals surface area contributed by atoms with Gasteiger partial charge in [-0.3, -0.25) is 9.59 Å². The highest BCUT2D eigenvalue weighted by Crippen LogP contribution is 2.22. The highest BCUT2D eigenvalue weighted by Gasteiger charge is 2.27. The van der Waals surface area contributed by atoms with E-state index in [9.17, 15) is 18.0 Å². The van der Waals surface area contributed by atoms with Crippen LogP contribution in [0.2, 0.25) is 0 Å². The van der Waals surface area contributed by atoms with Crippen molar-refractivity contribution in [2.75, 3.05) is 13.1 Å². The Morgan fingerprint density at radius 3 is 2.25 bits per heavy atom. The summed E-state index contributed by atoms with van der Waals surface area (Å²) < 4.78 is 33.7. The van der Waals surface area contributed by atoms with Gasteiger partial charge in [0.2, 0.25) is 10.0 Å². The maximum Gasteiger partial charge on any atom is 0.308 e. The van der Waals surface area contributed by atoms with E-state index in [0.29, 0.717) is 13.1 Å². The van der Waals surface area contributed by atoms with Crippen LogP contribution in [0.25, 0.3) is 0 Å². The minimum atomic E-state index is -3.70. The Balaban J connectivity index is 2.32. The summed E-state index contributed by atoms with van der Waals surface area (Å²) >= 11 is 0. The normalized spacial score (nSPS) is 12.8. The maximum absolute atomic E-state index is 13.1. The van der Waals surface area contributed by atoms with Gasteiger partial charge in [0.25, 0.3) is 5.91 Å². The number of carbonyl (C=O) groups excluding carboxylic acids is 2. The first-order valence-corrected chi connectivity index (χ1v) is 12.2. The van der Waals surface area contributed by atoms with Gasteiger partial charge in [-0.1, -0.05) is 43.7 Å². The Labute approximate surface area is 190 Å². The second-order valence-electron chi connectivity index (χ2n) is 7.94. The monoisotopic (exact) mass is 463 g/mol. The number of aryl methyl sites for hydroxylation is 2. The van der Waals surface area contributed by atoms with Crippen molar-refractivity contribution in [2.45, 2.75) is 58.1 Å². The Morgan fingerprint density at radius 1 is 1.12 bits per heavy atom. The van der Waals surface area contributed by atoms with Crippen LogP contribution >= 0.6 is 0 Å². The van der Waals surface area contributed by atoms with Crippen molar-refractivity contribution in [3.63, 3.8) is 0 Å². The predicted molar refractivity (Wildman–Crippen MR) is 123 cm³/mol. The molecule has 8 nitrogen and oxygen atoms in total. The van der Waals surface area contributed by atoms with E-state index >= 15 is 0 Å². The van der Waals surface area contributed by atoms with Crippen molar-refractivity contribution in [1.29, 1.82) is 0 Å². The van der Waals surface area contributed by atoms with Crippen LogP contribution < -0.4 is 5.32 Å². The third kappa shape index (κ3) is 6.20. The summed E-state index contributed by atoms with van der Waals surface area (Å²) in [6.07, 6.45) is 1.12. The Hall–Kier alpha value is -2.65. The van der Waals surface area contributed by atoms with Crippen LogP contribution in [0.3, 0.4) is 0 Å². The molecular weight excluding hydrogens is 430 g/mol. The van der Waals surface area contributed by atoms with Gasteiger partial charge in [-0.2, -0.15) is 4.31 Å². The largest absolute Gasteiger partial charge is 0.463 e. The first-order chi connectivity index (χ1) is 15.0. The highest BCUT2D eigenvalue weighted by molar-refractivity contribution is 7.89. The van der Waals surface area contributed by atoms with Crippen molar-refractivity contribution < 1.29 is 22.7 Å². The van der Waals surface area contributed by atoms with E-state index in [0.717, 1.165) is 11.1 Å². The topological polar surface area (TPSA) is 97.7 Å². The van der Waals surface area contributed by atoms with E-state index in [1.807, 2.05) is 31.2 Å². The summed E-state index contributed by atoms with van der Waals surface area (Å²) in [5, 5.41) is 2.87. The Kier molecular flexibility index (Phi) is 8.63. The lowest BCUT2D eigenvalue weighted by molar-refractivity contribution is -0.147. The fraction of sp³-hybridized carbons (Fsp3) is 0.478. The Morgan fingerprint density at radius 2 is 1.72 bits per heavy atom. The number of carbonyl (C=O) groups is 2. The second kappa shape index (κ2) is 10.8. The predicted octanol–water partition coefficient (Wildman–Crippen LogP) is 3.18. The molecule has 1 unspecified atom stereocenters. The number of aromatic nitrogens is 1. The first-order valence-electron chi connectivity index (χ1n) is 10.7.